The van der Waals surface area contributed by atoms with Crippen LogP contribution in [0.2, 0.25) is 0 Å². The maximum Gasteiger partial charge on any atom is 0.333 e. The minimum Gasteiger partial charge on any atom is -0.376 e. The average Bonchev–Trinajstić information content (AvgIpc) is 2.66. The van der Waals surface area contributed by atoms with E-state index >= 15 is 0 Å². The van der Waals surface area contributed by atoms with Crippen LogP contribution in [0.4, 0.5) is 0 Å². The number of carbonyl (C=O) groups is 3. The van der Waals surface area contributed by atoms with E-state index in [4.69, 9.17) is 9.57 Å². The Bertz CT molecular complexity index is 348. The summed E-state index contributed by atoms with van der Waals surface area (Å²) >= 11 is 0. The molecule has 0 aromatic carbocycles. The van der Waals surface area contributed by atoms with Crippen LogP contribution in [-0.2, 0) is 24.0 Å². The maximum absolute atomic E-state index is 11.6. The Balaban J connectivity index is 2.35. The van der Waals surface area contributed by atoms with Gasteiger partial charge in [-0.05, 0) is 26.7 Å². The number of hydroxylamine groups is 2. The fourth-order valence-corrected chi connectivity index (χ4v) is 1.66. The van der Waals surface area contributed by atoms with Gasteiger partial charge in [-0.2, -0.15) is 0 Å². The molecule has 1 aliphatic rings. The normalized spacial score (nSPS) is 16.1. The van der Waals surface area contributed by atoms with Crippen LogP contribution in [0.1, 0.15) is 52.9 Å². The summed E-state index contributed by atoms with van der Waals surface area (Å²) in [5.74, 6) is -1.50. The monoisotopic (exact) mass is 271 g/mol. The highest BCUT2D eigenvalue weighted by molar-refractivity contribution is 6.01. The summed E-state index contributed by atoms with van der Waals surface area (Å²) in [6.45, 7) is 6.42. The van der Waals surface area contributed by atoms with Crippen molar-refractivity contribution in [2.24, 2.45) is 0 Å². The Hall–Kier alpha value is -1.43. The van der Waals surface area contributed by atoms with Crippen LogP contribution in [0, 0.1) is 0 Å². The summed E-state index contributed by atoms with van der Waals surface area (Å²) in [7, 11) is 0. The number of hydrogen-bond donors (Lipinski definition) is 0. The number of carbonyl (C=O) groups excluding carboxylic acids is 3. The molecular weight excluding hydrogens is 250 g/mol. The fraction of sp³-hybridized carbons (Fsp3) is 0.769. The van der Waals surface area contributed by atoms with Crippen molar-refractivity contribution in [3.05, 3.63) is 0 Å². The van der Waals surface area contributed by atoms with Crippen molar-refractivity contribution in [3.63, 3.8) is 0 Å². The zero-order valence-electron chi connectivity index (χ0n) is 11.7. The minimum atomic E-state index is -0.586. The van der Waals surface area contributed by atoms with Gasteiger partial charge in [0.1, 0.15) is 0 Å². The first kappa shape index (κ1) is 15.6. The molecule has 0 saturated carbocycles. The van der Waals surface area contributed by atoms with Gasteiger partial charge in [0.05, 0.1) is 12.0 Å². The molecule has 0 aliphatic carbocycles. The number of amides is 2. The summed E-state index contributed by atoms with van der Waals surface area (Å²) in [5, 5.41) is 0.572. The molecule has 0 unspecified atom stereocenters. The molecule has 19 heavy (non-hydrogen) atoms. The molecule has 0 atom stereocenters. The molecule has 0 aromatic heterocycles. The lowest BCUT2D eigenvalue weighted by Gasteiger charge is -2.24. The third-order valence-electron chi connectivity index (χ3n) is 2.83. The summed E-state index contributed by atoms with van der Waals surface area (Å²) < 4.78 is 5.59. The number of imide groups is 1. The zero-order valence-corrected chi connectivity index (χ0v) is 11.7. The molecule has 0 aromatic rings. The lowest BCUT2D eigenvalue weighted by molar-refractivity contribution is -0.198. The van der Waals surface area contributed by atoms with E-state index in [0.29, 0.717) is 18.1 Å². The molecule has 1 heterocycles. The van der Waals surface area contributed by atoms with Gasteiger partial charge in [-0.15, -0.1) is 5.06 Å². The van der Waals surface area contributed by atoms with Crippen LogP contribution >= 0.6 is 0 Å². The SMILES string of the molecule is CCCOC(C)(C)CCC(=O)ON1C(=O)CCC1=O. The second-order valence-corrected chi connectivity index (χ2v) is 5.15. The van der Waals surface area contributed by atoms with E-state index in [1.165, 1.54) is 0 Å². The van der Waals surface area contributed by atoms with Crippen molar-refractivity contribution in [3.8, 4) is 0 Å². The van der Waals surface area contributed by atoms with Crippen LogP contribution in [0.15, 0.2) is 0 Å². The highest BCUT2D eigenvalue weighted by Gasteiger charge is 2.33. The largest absolute Gasteiger partial charge is 0.376 e. The van der Waals surface area contributed by atoms with Gasteiger partial charge in [-0.25, -0.2) is 4.79 Å². The van der Waals surface area contributed by atoms with Crippen molar-refractivity contribution < 1.29 is 24.0 Å². The lowest BCUT2D eigenvalue weighted by atomic mass is 10.0. The maximum atomic E-state index is 11.6. The predicted octanol–water partition coefficient (Wildman–Crippen LogP) is 1.58. The molecule has 0 radical (unpaired) electrons. The Labute approximate surface area is 113 Å². The number of rotatable bonds is 7. The number of nitrogens with zero attached hydrogens (tertiary/aromatic N) is 1. The quantitative estimate of drug-likeness (QED) is 0.657. The molecule has 6 nitrogen and oxygen atoms in total. The zero-order chi connectivity index (χ0) is 14.5. The first-order chi connectivity index (χ1) is 8.85. The molecule has 1 rings (SSSR count). The van der Waals surface area contributed by atoms with E-state index in [1.54, 1.807) is 0 Å². The second kappa shape index (κ2) is 6.65. The summed E-state index contributed by atoms with van der Waals surface area (Å²) in [6, 6.07) is 0. The minimum absolute atomic E-state index is 0.105. The van der Waals surface area contributed by atoms with E-state index in [0.717, 1.165) is 6.42 Å². The van der Waals surface area contributed by atoms with Crippen molar-refractivity contribution in [2.75, 3.05) is 6.61 Å². The third-order valence-corrected chi connectivity index (χ3v) is 2.83. The van der Waals surface area contributed by atoms with Gasteiger partial charge in [0.15, 0.2) is 0 Å². The second-order valence-electron chi connectivity index (χ2n) is 5.15. The van der Waals surface area contributed by atoms with E-state index < -0.39 is 23.4 Å². The van der Waals surface area contributed by atoms with Gasteiger partial charge in [0.2, 0.25) is 0 Å². The molecule has 1 aliphatic heterocycles. The van der Waals surface area contributed by atoms with Crippen LogP contribution in [0.5, 0.6) is 0 Å². The van der Waals surface area contributed by atoms with E-state index in [1.807, 2.05) is 20.8 Å². The Morgan fingerprint density at radius 3 is 2.37 bits per heavy atom. The fourth-order valence-electron chi connectivity index (χ4n) is 1.66. The summed E-state index contributed by atoms with van der Waals surface area (Å²) in [5.41, 5.74) is -0.423. The summed E-state index contributed by atoms with van der Waals surface area (Å²) in [4.78, 5) is 38.9. The van der Waals surface area contributed by atoms with E-state index in [9.17, 15) is 14.4 Å². The van der Waals surface area contributed by atoms with Gasteiger partial charge in [0.25, 0.3) is 11.8 Å². The molecular formula is C13H21NO5. The van der Waals surface area contributed by atoms with Crippen LogP contribution in [-0.4, -0.2) is 35.1 Å². The summed E-state index contributed by atoms with van der Waals surface area (Å²) in [6.07, 6.45) is 1.70. The van der Waals surface area contributed by atoms with Crippen LogP contribution < -0.4 is 0 Å². The Kier molecular flexibility index (Phi) is 5.47. The van der Waals surface area contributed by atoms with Crippen molar-refractivity contribution in [2.45, 2.75) is 58.5 Å². The molecule has 1 fully saturated rings. The van der Waals surface area contributed by atoms with Crippen molar-refractivity contribution in [1.82, 2.24) is 5.06 Å². The third kappa shape index (κ3) is 4.98. The molecule has 6 heteroatoms. The van der Waals surface area contributed by atoms with E-state index in [-0.39, 0.29) is 19.3 Å². The smallest absolute Gasteiger partial charge is 0.333 e. The van der Waals surface area contributed by atoms with Gasteiger partial charge < -0.3 is 9.57 Å². The molecule has 2 amide bonds. The predicted molar refractivity (Wildman–Crippen MR) is 66.7 cm³/mol. The highest BCUT2D eigenvalue weighted by Crippen LogP contribution is 2.19. The van der Waals surface area contributed by atoms with Gasteiger partial charge in [0, 0.05) is 19.4 Å². The topological polar surface area (TPSA) is 72.9 Å². The first-order valence-corrected chi connectivity index (χ1v) is 6.56. The van der Waals surface area contributed by atoms with Crippen LogP contribution in [0.25, 0.3) is 0 Å². The molecule has 108 valence electrons. The molecule has 1 saturated heterocycles. The number of hydrogen-bond acceptors (Lipinski definition) is 5. The average molecular weight is 271 g/mol. The Morgan fingerprint density at radius 2 is 1.84 bits per heavy atom. The van der Waals surface area contributed by atoms with Gasteiger partial charge >= 0.3 is 5.97 Å². The molecule has 0 N–H and O–H groups in total. The highest BCUT2D eigenvalue weighted by atomic mass is 16.7. The molecule has 0 spiro atoms. The van der Waals surface area contributed by atoms with Gasteiger partial charge in [-0.3, -0.25) is 9.59 Å². The first-order valence-electron chi connectivity index (χ1n) is 6.56. The van der Waals surface area contributed by atoms with Gasteiger partial charge in [-0.1, -0.05) is 6.92 Å². The van der Waals surface area contributed by atoms with E-state index in [2.05, 4.69) is 0 Å². The standard InChI is InChI=1S/C13H21NO5/c1-4-9-18-13(2,3)8-7-12(17)19-14-10(15)5-6-11(14)16/h4-9H2,1-3H3. The van der Waals surface area contributed by atoms with Crippen molar-refractivity contribution in [1.29, 1.82) is 0 Å². The van der Waals surface area contributed by atoms with Crippen LogP contribution in [0.3, 0.4) is 0 Å². The Morgan fingerprint density at radius 1 is 1.26 bits per heavy atom. The molecule has 0 bridgehead atoms. The van der Waals surface area contributed by atoms with Crippen molar-refractivity contribution >= 4 is 17.8 Å². The lowest BCUT2D eigenvalue weighted by Crippen LogP contribution is -2.33. The number of ether oxygens (including phenoxy) is 1.